The number of nitrogens with two attached hydrogens (primary N) is 1. The van der Waals surface area contributed by atoms with Gasteiger partial charge in [-0.3, -0.25) is 4.79 Å². The van der Waals surface area contributed by atoms with Gasteiger partial charge in [-0.05, 0) is 0 Å². The Labute approximate surface area is 91.5 Å². The van der Waals surface area contributed by atoms with Crippen molar-refractivity contribution in [2.24, 2.45) is 5.73 Å². The van der Waals surface area contributed by atoms with Gasteiger partial charge in [0.25, 0.3) is 5.91 Å². The lowest BCUT2D eigenvalue weighted by atomic mass is 10.1. The first-order valence-corrected chi connectivity index (χ1v) is 5.13. The molecule has 0 fully saturated rings. The summed E-state index contributed by atoms with van der Waals surface area (Å²) in [6.07, 6.45) is 2.71. The zero-order chi connectivity index (χ0) is 11.1. The minimum absolute atomic E-state index is 0.263. The molecule has 0 aliphatic carbocycles. The van der Waals surface area contributed by atoms with Gasteiger partial charge in [0.05, 0.1) is 5.69 Å². The highest BCUT2D eigenvalue weighted by molar-refractivity contribution is 5.91. The van der Waals surface area contributed by atoms with Crippen LogP contribution in [0.15, 0.2) is 12.3 Å². The summed E-state index contributed by atoms with van der Waals surface area (Å²) in [5, 5.41) is 7.44. The predicted molar refractivity (Wildman–Crippen MR) is 56.9 cm³/mol. The van der Waals surface area contributed by atoms with Crippen molar-refractivity contribution in [1.29, 1.82) is 0 Å². The fourth-order valence-corrected chi connectivity index (χ4v) is 1.98. The van der Waals surface area contributed by atoms with Crippen LogP contribution >= 0.6 is 0 Å². The molecule has 1 aliphatic rings. The lowest BCUT2D eigenvalue weighted by Crippen LogP contribution is -2.26. The molecular weight excluding hydrogens is 206 g/mol. The molecule has 0 bridgehead atoms. The quantitative estimate of drug-likeness (QED) is 0.672. The predicted octanol–water partition coefficient (Wildman–Crippen LogP) is -0.526. The number of rotatable bonds is 1. The Morgan fingerprint density at radius 2 is 2.44 bits per heavy atom. The molecule has 2 aromatic rings. The lowest BCUT2D eigenvalue weighted by Gasteiger charge is -2.16. The summed E-state index contributed by atoms with van der Waals surface area (Å²) in [6, 6.07) is 1.62. The average molecular weight is 217 g/mol. The van der Waals surface area contributed by atoms with Gasteiger partial charge >= 0.3 is 0 Å². The Morgan fingerprint density at radius 3 is 3.25 bits per heavy atom. The maximum Gasteiger partial charge on any atom is 0.269 e. The van der Waals surface area contributed by atoms with E-state index in [9.17, 15) is 4.79 Å². The summed E-state index contributed by atoms with van der Waals surface area (Å²) < 4.78 is 1.72. The highest BCUT2D eigenvalue weighted by Crippen LogP contribution is 2.15. The Morgan fingerprint density at radius 1 is 1.56 bits per heavy atom. The molecule has 2 aromatic heterocycles. The Hall–Kier alpha value is -1.95. The molecule has 0 saturated heterocycles. The highest BCUT2D eigenvalue weighted by Gasteiger charge is 2.16. The molecule has 0 radical (unpaired) electrons. The summed E-state index contributed by atoms with van der Waals surface area (Å²) in [6.45, 7) is 1.71. The summed E-state index contributed by atoms with van der Waals surface area (Å²) in [4.78, 5) is 15.3. The maximum atomic E-state index is 11.0. The van der Waals surface area contributed by atoms with Crippen LogP contribution in [0.4, 0.5) is 0 Å². The van der Waals surface area contributed by atoms with E-state index in [2.05, 4.69) is 15.4 Å². The molecule has 16 heavy (non-hydrogen) atoms. The van der Waals surface area contributed by atoms with Crippen LogP contribution in [0.5, 0.6) is 0 Å². The molecule has 3 heterocycles. The monoisotopic (exact) mass is 217 g/mol. The number of aromatic nitrogens is 3. The van der Waals surface area contributed by atoms with E-state index in [0.717, 1.165) is 30.8 Å². The van der Waals surface area contributed by atoms with Gasteiger partial charge in [-0.15, -0.1) is 0 Å². The number of hydrogen-bond acceptors (Lipinski definition) is 4. The van der Waals surface area contributed by atoms with E-state index in [4.69, 9.17) is 5.73 Å². The standard InChI is InChI=1S/C10H11N5O/c11-10(16)7-3-9-13-5-6-4-12-2-1-8(6)15(9)14-7/h3,5,12H,1-2,4H2,(H2,11,16). The van der Waals surface area contributed by atoms with Crippen LogP contribution in [0.3, 0.4) is 0 Å². The van der Waals surface area contributed by atoms with E-state index in [1.54, 1.807) is 10.6 Å². The van der Waals surface area contributed by atoms with E-state index in [1.165, 1.54) is 0 Å². The van der Waals surface area contributed by atoms with Crippen molar-refractivity contribution < 1.29 is 4.79 Å². The number of primary amides is 1. The van der Waals surface area contributed by atoms with Gasteiger partial charge in [0, 0.05) is 37.3 Å². The number of nitrogens with one attached hydrogen (secondary N) is 1. The zero-order valence-corrected chi connectivity index (χ0v) is 8.60. The van der Waals surface area contributed by atoms with Crippen LogP contribution in [0.25, 0.3) is 5.65 Å². The number of hydrogen-bond donors (Lipinski definition) is 2. The van der Waals surface area contributed by atoms with E-state index < -0.39 is 5.91 Å². The fourth-order valence-electron chi connectivity index (χ4n) is 1.98. The molecule has 0 spiro atoms. The topological polar surface area (TPSA) is 85.3 Å². The summed E-state index contributed by atoms with van der Waals surface area (Å²) in [7, 11) is 0. The summed E-state index contributed by atoms with van der Waals surface area (Å²) >= 11 is 0. The molecule has 0 aromatic carbocycles. The Balaban J connectivity index is 2.26. The van der Waals surface area contributed by atoms with Crippen LogP contribution in [0.2, 0.25) is 0 Å². The van der Waals surface area contributed by atoms with Crippen molar-refractivity contribution in [3.63, 3.8) is 0 Å². The van der Waals surface area contributed by atoms with Crippen molar-refractivity contribution in [3.05, 3.63) is 29.2 Å². The third kappa shape index (κ3) is 1.27. The third-order valence-corrected chi connectivity index (χ3v) is 2.78. The van der Waals surface area contributed by atoms with E-state index in [0.29, 0.717) is 5.65 Å². The summed E-state index contributed by atoms with van der Waals surface area (Å²) in [5.41, 5.74) is 8.37. The van der Waals surface area contributed by atoms with E-state index in [1.807, 2.05) is 6.20 Å². The van der Waals surface area contributed by atoms with Gasteiger partial charge in [-0.25, -0.2) is 9.50 Å². The van der Waals surface area contributed by atoms with Crippen molar-refractivity contribution in [1.82, 2.24) is 19.9 Å². The highest BCUT2D eigenvalue weighted by atomic mass is 16.1. The molecular formula is C10H11N5O. The first-order chi connectivity index (χ1) is 7.75. The maximum absolute atomic E-state index is 11.0. The Kier molecular flexibility index (Phi) is 1.90. The molecule has 6 nitrogen and oxygen atoms in total. The molecule has 0 unspecified atom stereocenters. The molecule has 0 atom stereocenters. The van der Waals surface area contributed by atoms with E-state index >= 15 is 0 Å². The second-order valence-corrected chi connectivity index (χ2v) is 3.82. The smallest absolute Gasteiger partial charge is 0.269 e. The van der Waals surface area contributed by atoms with Crippen LogP contribution in [-0.4, -0.2) is 27.0 Å². The normalized spacial score (nSPS) is 15.0. The van der Waals surface area contributed by atoms with Crippen LogP contribution in [-0.2, 0) is 13.0 Å². The number of carbonyl (C=O) groups excluding carboxylic acids is 1. The summed E-state index contributed by atoms with van der Waals surface area (Å²) in [5.74, 6) is -0.520. The van der Waals surface area contributed by atoms with Crippen molar-refractivity contribution >= 4 is 11.6 Å². The van der Waals surface area contributed by atoms with Crippen LogP contribution < -0.4 is 11.1 Å². The van der Waals surface area contributed by atoms with Crippen LogP contribution in [0, 0.1) is 0 Å². The molecule has 0 saturated carbocycles. The minimum Gasteiger partial charge on any atom is -0.364 e. The van der Waals surface area contributed by atoms with E-state index in [-0.39, 0.29) is 5.69 Å². The first kappa shape index (κ1) is 9.29. The average Bonchev–Trinajstić information content (AvgIpc) is 2.73. The van der Waals surface area contributed by atoms with Gasteiger partial charge in [0.2, 0.25) is 0 Å². The second-order valence-electron chi connectivity index (χ2n) is 3.82. The number of fused-ring (bicyclic) bond motifs is 3. The van der Waals surface area contributed by atoms with Gasteiger partial charge in [-0.2, -0.15) is 5.10 Å². The van der Waals surface area contributed by atoms with Gasteiger partial charge in [0.15, 0.2) is 11.3 Å². The Bertz CT molecular complexity index is 574. The first-order valence-electron chi connectivity index (χ1n) is 5.13. The molecule has 82 valence electrons. The van der Waals surface area contributed by atoms with Crippen molar-refractivity contribution in [2.45, 2.75) is 13.0 Å². The SMILES string of the molecule is NC(=O)c1cc2ncc3c(n2n1)CCNC3. The molecule has 3 N–H and O–H groups in total. The van der Waals surface area contributed by atoms with Gasteiger partial charge in [0.1, 0.15) is 0 Å². The molecule has 6 heteroatoms. The molecule has 3 rings (SSSR count). The van der Waals surface area contributed by atoms with Crippen LogP contribution in [0.1, 0.15) is 21.7 Å². The number of nitrogens with zero attached hydrogens (tertiary/aromatic N) is 3. The lowest BCUT2D eigenvalue weighted by molar-refractivity contribution is 0.0995. The van der Waals surface area contributed by atoms with Crippen molar-refractivity contribution in [2.75, 3.05) is 6.54 Å². The van der Waals surface area contributed by atoms with Crippen molar-refractivity contribution in [3.8, 4) is 0 Å². The third-order valence-electron chi connectivity index (χ3n) is 2.78. The van der Waals surface area contributed by atoms with Gasteiger partial charge in [-0.1, -0.05) is 0 Å². The molecule has 1 amide bonds. The molecule has 1 aliphatic heterocycles. The minimum atomic E-state index is -0.520. The fraction of sp³-hybridized carbons (Fsp3) is 0.300. The number of amides is 1. The largest absolute Gasteiger partial charge is 0.364 e. The van der Waals surface area contributed by atoms with Gasteiger partial charge < -0.3 is 11.1 Å². The number of carbonyl (C=O) groups is 1. The second kappa shape index (κ2) is 3.28. The zero-order valence-electron chi connectivity index (χ0n) is 8.60.